The van der Waals surface area contributed by atoms with Crippen LogP contribution >= 0.6 is 23.2 Å². The van der Waals surface area contributed by atoms with Gasteiger partial charge in [0.2, 0.25) is 0 Å². The number of benzene rings is 1. The predicted octanol–water partition coefficient (Wildman–Crippen LogP) is 3.53. The quantitative estimate of drug-likeness (QED) is 0.619. The van der Waals surface area contributed by atoms with Gasteiger partial charge in [-0.25, -0.2) is 9.59 Å². The first kappa shape index (κ1) is 23.9. The Morgan fingerprint density at radius 3 is 2.39 bits per heavy atom. The molecule has 31 heavy (non-hydrogen) atoms. The highest BCUT2D eigenvalue weighted by Gasteiger charge is 2.39. The van der Waals surface area contributed by atoms with E-state index in [0.29, 0.717) is 40.0 Å². The Morgan fingerprint density at radius 1 is 1.10 bits per heavy atom. The Balaban J connectivity index is 2.06. The molecule has 9 heteroatoms. The summed E-state index contributed by atoms with van der Waals surface area (Å²) in [5.41, 5.74) is 1.65. The van der Waals surface area contributed by atoms with Crippen LogP contribution in [0.5, 0.6) is 0 Å². The van der Waals surface area contributed by atoms with Crippen molar-refractivity contribution in [2.45, 2.75) is 26.8 Å². The van der Waals surface area contributed by atoms with Crippen molar-refractivity contribution >= 4 is 35.2 Å². The lowest BCUT2D eigenvalue weighted by Crippen LogP contribution is -2.53. The molecule has 1 N–H and O–H groups in total. The first-order chi connectivity index (χ1) is 14.9. The van der Waals surface area contributed by atoms with E-state index in [1.807, 2.05) is 6.92 Å². The number of rotatable bonds is 7. The molecule has 0 spiro atoms. The lowest BCUT2D eigenvalue weighted by atomic mass is 9.94. The summed E-state index contributed by atoms with van der Waals surface area (Å²) in [4.78, 5) is 32.4. The average molecular weight is 469 g/mol. The molecule has 1 aromatic carbocycles. The number of ether oxygens (including phenoxy) is 1. The summed E-state index contributed by atoms with van der Waals surface area (Å²) in [5.74, 6) is -0.454. The smallest absolute Gasteiger partial charge is 0.338 e. The summed E-state index contributed by atoms with van der Waals surface area (Å²) in [7, 11) is 0. The molecule has 0 aromatic heterocycles. The summed E-state index contributed by atoms with van der Waals surface area (Å²) in [5, 5.41) is 3.62. The van der Waals surface area contributed by atoms with Crippen molar-refractivity contribution in [1.82, 2.24) is 20.0 Å². The number of piperazine rings is 1. The van der Waals surface area contributed by atoms with Gasteiger partial charge in [0.1, 0.15) is 0 Å². The fourth-order valence-electron chi connectivity index (χ4n) is 4.11. The number of carbonyl (C=O) groups excluding carboxylic acids is 2. The zero-order valence-corrected chi connectivity index (χ0v) is 19.8. The maximum absolute atomic E-state index is 13.1. The number of likely N-dealkylation sites (N-methyl/N-ethyl adjacent to an activating group) is 2. The number of nitrogens with one attached hydrogen (secondary N) is 1. The second-order valence-electron chi connectivity index (χ2n) is 7.56. The lowest BCUT2D eigenvalue weighted by Gasteiger charge is -2.40. The minimum Gasteiger partial charge on any atom is -0.463 e. The van der Waals surface area contributed by atoms with E-state index >= 15 is 0 Å². The second-order valence-corrected chi connectivity index (χ2v) is 8.35. The normalized spacial score (nSPS) is 20.7. The van der Waals surface area contributed by atoms with Gasteiger partial charge in [0.25, 0.3) is 0 Å². The first-order valence-corrected chi connectivity index (χ1v) is 11.5. The molecule has 3 rings (SSSR count). The number of urea groups is 1. The van der Waals surface area contributed by atoms with E-state index in [1.54, 1.807) is 30.0 Å². The third kappa shape index (κ3) is 5.17. The molecule has 0 bridgehead atoms. The van der Waals surface area contributed by atoms with Crippen LogP contribution in [0, 0.1) is 0 Å². The molecule has 0 aliphatic carbocycles. The molecule has 1 fully saturated rings. The third-order valence-corrected chi connectivity index (χ3v) is 6.66. The fraction of sp³-hybridized carbons (Fsp3) is 0.545. The van der Waals surface area contributed by atoms with Crippen LogP contribution < -0.4 is 5.32 Å². The summed E-state index contributed by atoms with van der Waals surface area (Å²) in [6.45, 7) is 11.7. The van der Waals surface area contributed by atoms with Gasteiger partial charge in [-0.2, -0.15) is 0 Å². The van der Waals surface area contributed by atoms with Crippen molar-refractivity contribution in [1.29, 1.82) is 0 Å². The van der Waals surface area contributed by atoms with E-state index in [9.17, 15) is 9.59 Å². The molecule has 2 heterocycles. The van der Waals surface area contributed by atoms with E-state index in [2.05, 4.69) is 22.0 Å². The molecule has 0 saturated carbocycles. The van der Waals surface area contributed by atoms with Crippen LogP contribution in [0.2, 0.25) is 10.0 Å². The predicted molar refractivity (Wildman–Crippen MR) is 122 cm³/mol. The number of nitrogens with zero attached hydrogens (tertiary/aromatic N) is 3. The molecule has 7 nitrogen and oxygen atoms in total. The second kappa shape index (κ2) is 10.7. The van der Waals surface area contributed by atoms with Gasteiger partial charge >= 0.3 is 12.0 Å². The zero-order valence-electron chi connectivity index (χ0n) is 18.3. The van der Waals surface area contributed by atoms with Crippen molar-refractivity contribution in [2.75, 3.05) is 52.4 Å². The van der Waals surface area contributed by atoms with Gasteiger partial charge in [0.05, 0.1) is 28.3 Å². The molecule has 2 amide bonds. The maximum Gasteiger partial charge on any atom is 0.338 e. The van der Waals surface area contributed by atoms with Crippen LogP contribution in [0.4, 0.5) is 4.79 Å². The Labute approximate surface area is 193 Å². The largest absolute Gasteiger partial charge is 0.463 e. The number of esters is 1. The van der Waals surface area contributed by atoms with Crippen LogP contribution in [-0.2, 0) is 9.53 Å². The van der Waals surface area contributed by atoms with Gasteiger partial charge in [-0.3, -0.25) is 9.80 Å². The highest BCUT2D eigenvalue weighted by molar-refractivity contribution is 6.42. The zero-order chi connectivity index (χ0) is 22.5. The van der Waals surface area contributed by atoms with Crippen LogP contribution in [0.1, 0.15) is 32.4 Å². The highest BCUT2D eigenvalue weighted by Crippen LogP contribution is 2.37. The Kier molecular flexibility index (Phi) is 8.22. The van der Waals surface area contributed by atoms with Crippen LogP contribution in [0.15, 0.2) is 29.5 Å². The molecule has 1 aromatic rings. The number of amides is 2. The van der Waals surface area contributed by atoms with E-state index in [1.165, 1.54) is 0 Å². The third-order valence-electron chi connectivity index (χ3n) is 5.83. The lowest BCUT2D eigenvalue weighted by molar-refractivity contribution is -0.139. The van der Waals surface area contributed by atoms with E-state index in [-0.39, 0.29) is 12.6 Å². The Bertz CT molecular complexity index is 853. The van der Waals surface area contributed by atoms with Gasteiger partial charge in [-0.1, -0.05) is 42.3 Å². The van der Waals surface area contributed by atoms with E-state index in [4.69, 9.17) is 27.9 Å². The minimum absolute atomic E-state index is 0.237. The topological polar surface area (TPSA) is 65.1 Å². The number of halogens is 2. The highest BCUT2D eigenvalue weighted by atomic mass is 35.5. The molecule has 170 valence electrons. The Morgan fingerprint density at radius 2 is 1.77 bits per heavy atom. The van der Waals surface area contributed by atoms with Gasteiger partial charge in [0.15, 0.2) is 0 Å². The molecule has 0 radical (unpaired) electrons. The molecule has 1 unspecified atom stereocenters. The van der Waals surface area contributed by atoms with Crippen molar-refractivity contribution in [3.63, 3.8) is 0 Å². The van der Waals surface area contributed by atoms with Crippen LogP contribution in [0.3, 0.4) is 0 Å². The summed E-state index contributed by atoms with van der Waals surface area (Å²) in [6.07, 6.45) is 0. The number of hydrogen-bond donors (Lipinski definition) is 1. The standard InChI is InChI=1S/C22H30Cl2N4O3/c1-4-26-10-12-27(13-11-26)14-17-18(21(29)31-6-3)20(25-22(30)28(17)5-2)15-8-7-9-16(23)19(15)24/h7-9,20H,4-6,10-14H2,1-3H3,(H,25,30). The van der Waals surface area contributed by atoms with Gasteiger partial charge < -0.3 is 15.0 Å². The maximum atomic E-state index is 13.1. The molecule has 1 atom stereocenters. The van der Waals surface area contributed by atoms with Crippen molar-refractivity contribution in [2.24, 2.45) is 0 Å². The summed E-state index contributed by atoms with van der Waals surface area (Å²) in [6, 6.07) is 4.22. The monoisotopic (exact) mass is 468 g/mol. The molecular formula is C22H30Cl2N4O3. The van der Waals surface area contributed by atoms with Gasteiger partial charge in [-0.05, 0) is 32.0 Å². The SMILES string of the molecule is CCOC(=O)C1=C(CN2CCN(CC)CC2)N(CC)C(=O)NC1c1cccc(Cl)c1Cl. The van der Waals surface area contributed by atoms with E-state index < -0.39 is 12.0 Å². The van der Waals surface area contributed by atoms with Crippen molar-refractivity contribution < 1.29 is 14.3 Å². The molecule has 2 aliphatic heterocycles. The van der Waals surface area contributed by atoms with Gasteiger partial charge in [-0.15, -0.1) is 0 Å². The molecule has 2 aliphatic rings. The van der Waals surface area contributed by atoms with Crippen molar-refractivity contribution in [3.05, 3.63) is 45.1 Å². The molecular weight excluding hydrogens is 439 g/mol. The van der Waals surface area contributed by atoms with Crippen LogP contribution in [-0.4, -0.2) is 79.1 Å². The first-order valence-electron chi connectivity index (χ1n) is 10.8. The average Bonchev–Trinajstić information content (AvgIpc) is 2.76. The minimum atomic E-state index is -0.729. The summed E-state index contributed by atoms with van der Waals surface area (Å²) >= 11 is 12.7. The fourth-order valence-corrected chi connectivity index (χ4v) is 4.53. The van der Waals surface area contributed by atoms with E-state index in [0.717, 1.165) is 32.7 Å². The van der Waals surface area contributed by atoms with Gasteiger partial charge in [0, 0.05) is 45.0 Å². The number of carbonyl (C=O) groups is 2. The summed E-state index contributed by atoms with van der Waals surface area (Å²) < 4.78 is 5.41. The Hall–Kier alpha value is -1.80. The van der Waals surface area contributed by atoms with Crippen molar-refractivity contribution in [3.8, 4) is 0 Å². The molecule has 1 saturated heterocycles. The van der Waals surface area contributed by atoms with Crippen LogP contribution in [0.25, 0.3) is 0 Å². The number of hydrogen-bond acceptors (Lipinski definition) is 5.